The molecule has 1 aliphatic carbocycles. The summed E-state index contributed by atoms with van der Waals surface area (Å²) in [7, 11) is 0. The van der Waals surface area contributed by atoms with E-state index in [2.05, 4.69) is 0 Å². The maximum absolute atomic E-state index is 13.9. The maximum Gasteiger partial charge on any atom is 0.129 e. The normalized spacial score (nSPS) is 17.0. The second kappa shape index (κ2) is 5.18. The smallest absolute Gasteiger partial charge is 0.129 e. The maximum atomic E-state index is 13.9. The highest BCUT2D eigenvalue weighted by atomic mass is 19.1. The topological polar surface area (TPSA) is 20.2 Å². The molecule has 0 radical (unpaired) electrons. The molecule has 0 spiro atoms. The van der Waals surface area contributed by atoms with Crippen molar-refractivity contribution in [1.29, 1.82) is 0 Å². The number of aryl methyl sites for hydroxylation is 2. The number of aliphatic hydroxyl groups is 1. The molecule has 0 fully saturated rings. The van der Waals surface area contributed by atoms with Gasteiger partial charge in [-0.05, 0) is 55.2 Å². The lowest BCUT2D eigenvalue weighted by molar-refractivity contribution is 0.146. The highest BCUT2D eigenvalue weighted by Crippen LogP contribution is 2.29. The van der Waals surface area contributed by atoms with E-state index in [1.807, 2.05) is 19.9 Å². The fourth-order valence-corrected chi connectivity index (χ4v) is 2.60. The van der Waals surface area contributed by atoms with E-state index in [0.717, 1.165) is 24.8 Å². The van der Waals surface area contributed by atoms with Crippen molar-refractivity contribution in [2.75, 3.05) is 0 Å². The Balaban J connectivity index is 2.28. The largest absolute Gasteiger partial charge is 0.388 e. The van der Waals surface area contributed by atoms with Gasteiger partial charge < -0.3 is 5.11 Å². The van der Waals surface area contributed by atoms with Crippen LogP contribution in [0.25, 0.3) is 0 Å². The summed E-state index contributed by atoms with van der Waals surface area (Å²) in [6.45, 7) is 4.08. The van der Waals surface area contributed by atoms with Gasteiger partial charge in [-0.15, -0.1) is 0 Å². The van der Waals surface area contributed by atoms with Gasteiger partial charge in [0.1, 0.15) is 5.82 Å². The average Bonchev–Trinajstić information content (AvgIpc) is 2.27. The van der Waals surface area contributed by atoms with Crippen LogP contribution in [-0.4, -0.2) is 5.11 Å². The molecule has 2 rings (SSSR count). The molecule has 1 nitrogen and oxygen atoms in total. The highest BCUT2D eigenvalue weighted by molar-refractivity contribution is 5.36. The van der Waals surface area contributed by atoms with Crippen molar-refractivity contribution in [3.8, 4) is 0 Å². The summed E-state index contributed by atoms with van der Waals surface area (Å²) in [4.78, 5) is 0. The Morgan fingerprint density at radius 3 is 2.35 bits per heavy atom. The highest BCUT2D eigenvalue weighted by Gasteiger charge is 2.18. The summed E-state index contributed by atoms with van der Waals surface area (Å²) in [6, 6.07) is 3.52. The summed E-state index contributed by atoms with van der Waals surface area (Å²) in [5.41, 5.74) is 2.85. The summed E-state index contributed by atoms with van der Waals surface area (Å²) >= 11 is 0. The van der Waals surface area contributed by atoms with E-state index in [9.17, 15) is 9.50 Å². The van der Waals surface area contributed by atoms with Gasteiger partial charge in [-0.2, -0.15) is 0 Å². The third-order valence-corrected chi connectivity index (χ3v) is 3.51. The summed E-state index contributed by atoms with van der Waals surface area (Å²) in [5.74, 6) is 0.138. The van der Waals surface area contributed by atoms with E-state index in [-0.39, 0.29) is 5.82 Å². The van der Waals surface area contributed by atoms with Gasteiger partial charge in [0.15, 0.2) is 0 Å². The van der Waals surface area contributed by atoms with E-state index >= 15 is 0 Å². The number of halogens is 1. The molecule has 1 aromatic rings. The third-order valence-electron chi connectivity index (χ3n) is 3.51. The van der Waals surface area contributed by atoms with E-state index in [4.69, 9.17) is 0 Å². The molecule has 0 aromatic heterocycles. The molecule has 0 aliphatic heterocycles. The van der Waals surface area contributed by atoms with Gasteiger partial charge in [-0.25, -0.2) is 4.39 Å². The zero-order valence-electron chi connectivity index (χ0n) is 10.7. The Kier molecular flexibility index (Phi) is 3.82. The van der Waals surface area contributed by atoms with Crippen LogP contribution in [0.4, 0.5) is 4.39 Å². The SMILES string of the molecule is CC(C)CC(O)c1cc2c(cc1F)CCCC2. The van der Waals surface area contributed by atoms with Crippen LogP contribution in [0.15, 0.2) is 12.1 Å². The molecule has 0 amide bonds. The van der Waals surface area contributed by atoms with Crippen molar-refractivity contribution >= 4 is 0 Å². The Hall–Kier alpha value is -0.890. The Morgan fingerprint density at radius 2 is 1.76 bits per heavy atom. The molecule has 2 heteroatoms. The van der Waals surface area contributed by atoms with Crippen molar-refractivity contribution < 1.29 is 9.50 Å². The molecule has 17 heavy (non-hydrogen) atoms. The van der Waals surface area contributed by atoms with Crippen LogP contribution in [0, 0.1) is 11.7 Å². The number of benzene rings is 1. The molecular weight excluding hydrogens is 215 g/mol. The van der Waals surface area contributed by atoms with Crippen LogP contribution in [0.5, 0.6) is 0 Å². The molecule has 1 unspecified atom stereocenters. The van der Waals surface area contributed by atoms with Crippen LogP contribution >= 0.6 is 0 Å². The predicted octanol–water partition coefficient (Wildman–Crippen LogP) is 3.78. The number of rotatable bonds is 3. The van der Waals surface area contributed by atoms with Crippen LogP contribution < -0.4 is 0 Å². The van der Waals surface area contributed by atoms with Crippen molar-refractivity contribution in [2.24, 2.45) is 5.92 Å². The van der Waals surface area contributed by atoms with Crippen molar-refractivity contribution in [3.63, 3.8) is 0 Å². The zero-order valence-corrected chi connectivity index (χ0v) is 10.7. The number of hydrogen-bond acceptors (Lipinski definition) is 1. The molecule has 1 aromatic carbocycles. The minimum absolute atomic E-state index is 0.237. The second-order valence-corrected chi connectivity index (χ2v) is 5.49. The zero-order chi connectivity index (χ0) is 12.4. The fourth-order valence-electron chi connectivity index (χ4n) is 2.60. The quantitative estimate of drug-likeness (QED) is 0.846. The minimum atomic E-state index is -0.665. The van der Waals surface area contributed by atoms with E-state index in [1.54, 1.807) is 6.07 Å². The van der Waals surface area contributed by atoms with E-state index < -0.39 is 6.10 Å². The van der Waals surface area contributed by atoms with Crippen LogP contribution in [-0.2, 0) is 12.8 Å². The van der Waals surface area contributed by atoms with Gasteiger partial charge in [-0.1, -0.05) is 19.9 Å². The van der Waals surface area contributed by atoms with Crippen molar-refractivity contribution in [3.05, 3.63) is 34.6 Å². The number of hydrogen-bond donors (Lipinski definition) is 1. The lowest BCUT2D eigenvalue weighted by Crippen LogP contribution is -2.09. The summed E-state index contributed by atoms with van der Waals surface area (Å²) in [5, 5.41) is 10.0. The summed E-state index contributed by atoms with van der Waals surface area (Å²) < 4.78 is 13.9. The Bertz CT molecular complexity index is 398. The first-order valence-electron chi connectivity index (χ1n) is 6.57. The third kappa shape index (κ3) is 2.86. The number of fused-ring (bicyclic) bond motifs is 1. The first-order valence-corrected chi connectivity index (χ1v) is 6.57. The lowest BCUT2D eigenvalue weighted by Gasteiger charge is -2.20. The van der Waals surface area contributed by atoms with Crippen LogP contribution in [0.2, 0.25) is 0 Å². The predicted molar refractivity (Wildman–Crippen MR) is 67.5 cm³/mol. The average molecular weight is 236 g/mol. The molecule has 1 N–H and O–H groups in total. The molecular formula is C15H21FO. The molecule has 0 bridgehead atoms. The lowest BCUT2D eigenvalue weighted by atomic mass is 9.88. The second-order valence-electron chi connectivity index (χ2n) is 5.49. The molecule has 0 heterocycles. The van der Waals surface area contributed by atoms with Crippen LogP contribution in [0.3, 0.4) is 0 Å². The van der Waals surface area contributed by atoms with Gasteiger partial charge in [0, 0.05) is 5.56 Å². The molecule has 94 valence electrons. The summed E-state index contributed by atoms with van der Waals surface area (Å²) in [6.07, 6.45) is 4.29. The fraction of sp³-hybridized carbons (Fsp3) is 0.600. The van der Waals surface area contributed by atoms with Crippen molar-refractivity contribution in [1.82, 2.24) is 0 Å². The minimum Gasteiger partial charge on any atom is -0.388 e. The van der Waals surface area contributed by atoms with Gasteiger partial charge in [-0.3, -0.25) is 0 Å². The molecule has 1 atom stereocenters. The molecule has 1 aliphatic rings. The standard InChI is InChI=1S/C15H21FO/c1-10(2)7-15(17)13-8-11-5-3-4-6-12(11)9-14(13)16/h8-10,15,17H,3-7H2,1-2H3. The van der Waals surface area contributed by atoms with E-state index in [1.165, 1.54) is 12.0 Å². The first kappa shape index (κ1) is 12.6. The number of aliphatic hydroxyl groups excluding tert-OH is 1. The van der Waals surface area contributed by atoms with Gasteiger partial charge in [0.25, 0.3) is 0 Å². The van der Waals surface area contributed by atoms with Gasteiger partial charge >= 0.3 is 0 Å². The Morgan fingerprint density at radius 1 is 1.18 bits per heavy atom. The van der Waals surface area contributed by atoms with Crippen molar-refractivity contribution in [2.45, 2.75) is 52.1 Å². The monoisotopic (exact) mass is 236 g/mol. The van der Waals surface area contributed by atoms with E-state index in [0.29, 0.717) is 17.9 Å². The van der Waals surface area contributed by atoms with Gasteiger partial charge in [0.2, 0.25) is 0 Å². The Labute approximate surface area is 103 Å². The first-order chi connectivity index (χ1) is 8.08. The molecule has 0 saturated carbocycles. The van der Waals surface area contributed by atoms with Gasteiger partial charge in [0.05, 0.1) is 6.10 Å². The molecule has 0 saturated heterocycles. The van der Waals surface area contributed by atoms with Crippen LogP contribution in [0.1, 0.15) is 55.9 Å².